The summed E-state index contributed by atoms with van der Waals surface area (Å²) in [5, 5.41) is 0.603. The summed E-state index contributed by atoms with van der Waals surface area (Å²) in [6.45, 7) is 8.25. The molecular weight excluding hydrogens is 222 g/mol. The van der Waals surface area contributed by atoms with Gasteiger partial charge in [0.1, 0.15) is 0 Å². The largest absolute Gasteiger partial charge is 0.371 e. The number of carbonyl (C=O) groups excluding carboxylic acids is 1. The van der Waals surface area contributed by atoms with Gasteiger partial charge >= 0.3 is 0 Å². The van der Waals surface area contributed by atoms with Crippen molar-refractivity contribution in [1.29, 1.82) is 0 Å². The number of benzene rings is 1. The molecule has 0 radical (unpaired) electrons. The first-order valence-corrected chi connectivity index (χ1v) is 5.96. The van der Waals surface area contributed by atoms with Crippen LogP contribution in [0.3, 0.4) is 0 Å². The maximum atomic E-state index is 11.0. The van der Waals surface area contributed by atoms with Crippen molar-refractivity contribution < 1.29 is 4.79 Å². The number of carbonyl (C=O) groups is 1. The zero-order valence-electron chi connectivity index (χ0n) is 10.0. The Balaban J connectivity index is 3.04. The van der Waals surface area contributed by atoms with Crippen LogP contribution in [-0.4, -0.2) is 19.4 Å². The maximum absolute atomic E-state index is 11.0. The van der Waals surface area contributed by atoms with E-state index in [1.165, 1.54) is 0 Å². The molecule has 0 aliphatic heterocycles. The van der Waals surface area contributed by atoms with Crippen LogP contribution < -0.4 is 4.90 Å². The summed E-state index contributed by atoms with van der Waals surface area (Å²) in [5.41, 5.74) is 1.63. The van der Waals surface area contributed by atoms with E-state index in [-0.39, 0.29) is 0 Å². The van der Waals surface area contributed by atoms with E-state index in [0.29, 0.717) is 16.5 Å². The van der Waals surface area contributed by atoms with Crippen LogP contribution in [0.4, 0.5) is 5.69 Å². The molecule has 3 heteroatoms. The fourth-order valence-corrected chi connectivity index (χ4v) is 1.93. The fraction of sp³-hybridized carbons (Fsp3) is 0.462. The topological polar surface area (TPSA) is 20.3 Å². The lowest BCUT2D eigenvalue weighted by molar-refractivity contribution is 0.112. The van der Waals surface area contributed by atoms with Crippen LogP contribution >= 0.6 is 11.6 Å². The van der Waals surface area contributed by atoms with Crippen molar-refractivity contribution in [2.45, 2.75) is 20.8 Å². The van der Waals surface area contributed by atoms with Gasteiger partial charge in [0.05, 0.1) is 0 Å². The predicted molar refractivity (Wildman–Crippen MR) is 69.6 cm³/mol. The van der Waals surface area contributed by atoms with E-state index in [1.54, 1.807) is 6.07 Å². The summed E-state index contributed by atoms with van der Waals surface area (Å²) in [5.74, 6) is 0.565. The van der Waals surface area contributed by atoms with Gasteiger partial charge in [-0.05, 0) is 31.0 Å². The van der Waals surface area contributed by atoms with Crippen molar-refractivity contribution in [1.82, 2.24) is 0 Å². The van der Waals surface area contributed by atoms with Crippen molar-refractivity contribution in [3.05, 3.63) is 28.8 Å². The quantitative estimate of drug-likeness (QED) is 0.732. The summed E-state index contributed by atoms with van der Waals surface area (Å²) in [7, 11) is 0. The maximum Gasteiger partial charge on any atom is 0.152 e. The number of hydrogen-bond donors (Lipinski definition) is 0. The molecule has 1 rings (SSSR count). The Labute approximate surface area is 102 Å². The minimum absolute atomic E-state index is 0.565. The average Bonchev–Trinajstić information content (AvgIpc) is 2.25. The van der Waals surface area contributed by atoms with E-state index in [0.717, 1.165) is 25.1 Å². The smallest absolute Gasteiger partial charge is 0.152 e. The third-order valence-electron chi connectivity index (χ3n) is 2.42. The van der Waals surface area contributed by atoms with Gasteiger partial charge in [-0.3, -0.25) is 4.79 Å². The molecular formula is C13H18ClNO. The van der Waals surface area contributed by atoms with Crippen LogP contribution in [0.2, 0.25) is 5.02 Å². The molecule has 1 aromatic carbocycles. The zero-order valence-corrected chi connectivity index (χ0v) is 10.8. The van der Waals surface area contributed by atoms with E-state index in [1.807, 2.05) is 12.1 Å². The number of rotatable bonds is 5. The molecule has 0 saturated carbocycles. The SMILES string of the molecule is CCN(CC(C)C)c1ccc(Cl)cc1C=O. The third-order valence-corrected chi connectivity index (χ3v) is 2.66. The Hall–Kier alpha value is -1.02. The molecule has 0 atom stereocenters. The lowest BCUT2D eigenvalue weighted by atomic mass is 10.1. The molecule has 0 spiro atoms. The van der Waals surface area contributed by atoms with Crippen LogP contribution in [0.1, 0.15) is 31.1 Å². The van der Waals surface area contributed by atoms with Crippen molar-refractivity contribution in [3.63, 3.8) is 0 Å². The Bertz CT molecular complexity index is 363. The molecule has 0 aliphatic rings. The molecule has 0 amide bonds. The molecule has 16 heavy (non-hydrogen) atoms. The predicted octanol–water partition coefficient (Wildman–Crippen LogP) is 3.63. The molecule has 0 aliphatic carbocycles. The second kappa shape index (κ2) is 5.90. The lowest BCUT2D eigenvalue weighted by Gasteiger charge is -2.26. The molecule has 0 bridgehead atoms. The molecule has 0 heterocycles. The standard InChI is InChI=1S/C13H18ClNO/c1-4-15(8-10(2)3)13-6-5-12(14)7-11(13)9-16/h5-7,9-10H,4,8H2,1-3H3. The summed E-state index contributed by atoms with van der Waals surface area (Å²) in [4.78, 5) is 13.2. The number of aldehydes is 1. The van der Waals surface area contributed by atoms with Gasteiger partial charge in [0, 0.05) is 29.4 Å². The number of hydrogen-bond acceptors (Lipinski definition) is 2. The molecule has 0 aromatic heterocycles. The van der Waals surface area contributed by atoms with Crippen LogP contribution in [-0.2, 0) is 0 Å². The van der Waals surface area contributed by atoms with Gasteiger partial charge in [-0.1, -0.05) is 25.4 Å². The molecule has 2 nitrogen and oxygen atoms in total. The summed E-state index contributed by atoms with van der Waals surface area (Å²) < 4.78 is 0. The Kier molecular flexibility index (Phi) is 4.81. The highest BCUT2D eigenvalue weighted by Crippen LogP contribution is 2.23. The van der Waals surface area contributed by atoms with Crippen LogP contribution in [0.5, 0.6) is 0 Å². The van der Waals surface area contributed by atoms with Gasteiger partial charge in [0.25, 0.3) is 0 Å². The van der Waals surface area contributed by atoms with Gasteiger partial charge in [0.15, 0.2) is 6.29 Å². The Morgan fingerprint density at radius 1 is 1.44 bits per heavy atom. The fourth-order valence-electron chi connectivity index (χ4n) is 1.75. The van der Waals surface area contributed by atoms with Gasteiger partial charge in [-0.2, -0.15) is 0 Å². The zero-order chi connectivity index (χ0) is 12.1. The molecule has 0 N–H and O–H groups in total. The summed E-state index contributed by atoms with van der Waals surface area (Å²) in [6, 6.07) is 5.46. The van der Waals surface area contributed by atoms with Crippen LogP contribution in [0.25, 0.3) is 0 Å². The molecule has 0 fully saturated rings. The highest BCUT2D eigenvalue weighted by atomic mass is 35.5. The van der Waals surface area contributed by atoms with E-state index in [2.05, 4.69) is 25.7 Å². The van der Waals surface area contributed by atoms with E-state index in [4.69, 9.17) is 11.6 Å². The number of halogens is 1. The van der Waals surface area contributed by atoms with E-state index in [9.17, 15) is 4.79 Å². The van der Waals surface area contributed by atoms with Crippen molar-refractivity contribution in [2.75, 3.05) is 18.0 Å². The summed E-state index contributed by atoms with van der Waals surface area (Å²) >= 11 is 5.87. The first-order chi connectivity index (χ1) is 7.58. The van der Waals surface area contributed by atoms with Crippen LogP contribution in [0, 0.1) is 5.92 Å². The normalized spacial score (nSPS) is 10.6. The number of nitrogens with zero attached hydrogens (tertiary/aromatic N) is 1. The molecule has 0 unspecified atom stereocenters. The second-order valence-corrected chi connectivity index (χ2v) is 4.69. The van der Waals surface area contributed by atoms with E-state index < -0.39 is 0 Å². The third kappa shape index (κ3) is 3.24. The van der Waals surface area contributed by atoms with Gasteiger partial charge in [-0.25, -0.2) is 0 Å². The minimum Gasteiger partial charge on any atom is -0.371 e. The first-order valence-electron chi connectivity index (χ1n) is 5.58. The lowest BCUT2D eigenvalue weighted by Crippen LogP contribution is -2.28. The molecule has 0 saturated heterocycles. The Morgan fingerprint density at radius 2 is 2.12 bits per heavy atom. The van der Waals surface area contributed by atoms with Gasteiger partial charge < -0.3 is 4.90 Å². The highest BCUT2D eigenvalue weighted by Gasteiger charge is 2.11. The molecule has 1 aromatic rings. The second-order valence-electron chi connectivity index (χ2n) is 4.25. The summed E-state index contributed by atoms with van der Waals surface area (Å²) in [6.07, 6.45) is 0.865. The molecule has 88 valence electrons. The van der Waals surface area contributed by atoms with Crippen molar-refractivity contribution in [3.8, 4) is 0 Å². The monoisotopic (exact) mass is 239 g/mol. The number of anilines is 1. The highest BCUT2D eigenvalue weighted by molar-refractivity contribution is 6.31. The van der Waals surface area contributed by atoms with Gasteiger partial charge in [-0.15, -0.1) is 0 Å². The van der Waals surface area contributed by atoms with E-state index >= 15 is 0 Å². The average molecular weight is 240 g/mol. The van der Waals surface area contributed by atoms with Crippen LogP contribution in [0.15, 0.2) is 18.2 Å². The first kappa shape index (κ1) is 13.0. The van der Waals surface area contributed by atoms with Crippen molar-refractivity contribution >= 4 is 23.6 Å². The Morgan fingerprint density at radius 3 is 2.62 bits per heavy atom. The van der Waals surface area contributed by atoms with Crippen molar-refractivity contribution in [2.24, 2.45) is 5.92 Å². The van der Waals surface area contributed by atoms with Gasteiger partial charge in [0.2, 0.25) is 0 Å². The minimum atomic E-state index is 0.565.